The highest BCUT2D eigenvalue weighted by Gasteiger charge is 2.57. The van der Waals surface area contributed by atoms with Gasteiger partial charge in [0.05, 0.1) is 5.56 Å². The van der Waals surface area contributed by atoms with E-state index in [-0.39, 0.29) is 30.2 Å². The van der Waals surface area contributed by atoms with E-state index in [0.717, 1.165) is 78.1 Å². The van der Waals surface area contributed by atoms with Crippen molar-refractivity contribution < 1.29 is 13.2 Å². The topological polar surface area (TPSA) is 46.8 Å². The number of hydrogen-bond acceptors (Lipinski definition) is 5. The summed E-state index contributed by atoms with van der Waals surface area (Å²) >= 11 is 1.72. The van der Waals surface area contributed by atoms with Crippen molar-refractivity contribution in [3.8, 4) is 11.4 Å². The normalized spacial score (nSPS) is 21.1. The summed E-state index contributed by atoms with van der Waals surface area (Å²) in [5.41, 5.74) is 3.69. The van der Waals surface area contributed by atoms with Gasteiger partial charge in [-0.15, -0.1) is 35.0 Å². The fraction of sp³-hybridized carbons (Fsp3) is 0.500. The summed E-state index contributed by atoms with van der Waals surface area (Å²) in [5, 5.41) is 9.69. The quantitative estimate of drug-likeness (QED) is 0.232. The molecule has 37 heavy (non-hydrogen) atoms. The molecule has 1 saturated carbocycles. The molecule has 0 bridgehead atoms. The summed E-state index contributed by atoms with van der Waals surface area (Å²) in [6, 6.07) is 9.83. The highest BCUT2D eigenvalue weighted by molar-refractivity contribution is 7.99. The number of thioether (sulfide) groups is 1. The van der Waals surface area contributed by atoms with Crippen molar-refractivity contribution in [3.63, 3.8) is 0 Å². The van der Waals surface area contributed by atoms with Gasteiger partial charge in [0.25, 0.3) is 0 Å². The van der Waals surface area contributed by atoms with Crippen molar-refractivity contribution in [2.45, 2.75) is 50.4 Å². The standard InChI is InChI=1S/C26H30F3N5S.2ClH/c1-17-5-10-21(18(2)30-17)23-31-32-24(33(23)3)35-14-4-12-34-13-11-25(16-34)15-22(25)19-6-8-20(9-7-19)26(27,28)29;;/h5-10,22H,4,11-16H2,1-3H3;2*1H/t22-,25+;;/m1../s1. The van der Waals surface area contributed by atoms with E-state index >= 15 is 0 Å². The molecule has 11 heteroatoms. The zero-order valence-electron chi connectivity index (χ0n) is 21.1. The second-order valence-electron chi connectivity index (χ2n) is 9.92. The zero-order chi connectivity index (χ0) is 24.8. The van der Waals surface area contributed by atoms with Crippen molar-refractivity contribution in [1.29, 1.82) is 0 Å². The van der Waals surface area contributed by atoms with E-state index in [1.807, 2.05) is 31.5 Å². The minimum atomic E-state index is -4.27. The first-order valence-corrected chi connectivity index (χ1v) is 13.0. The molecule has 1 saturated heterocycles. The van der Waals surface area contributed by atoms with Gasteiger partial charge in [0.1, 0.15) is 0 Å². The fourth-order valence-electron chi connectivity index (χ4n) is 5.40. The van der Waals surface area contributed by atoms with Gasteiger partial charge in [-0.25, -0.2) is 0 Å². The molecule has 202 valence electrons. The molecule has 3 aromatic rings. The van der Waals surface area contributed by atoms with E-state index in [1.165, 1.54) is 12.1 Å². The van der Waals surface area contributed by atoms with Crippen LogP contribution in [-0.2, 0) is 13.2 Å². The lowest BCUT2D eigenvalue weighted by molar-refractivity contribution is -0.137. The first kappa shape index (κ1) is 29.7. The molecule has 2 aromatic heterocycles. The number of aromatic nitrogens is 4. The average Bonchev–Trinajstić information content (AvgIpc) is 3.16. The van der Waals surface area contributed by atoms with E-state index < -0.39 is 11.7 Å². The van der Waals surface area contributed by atoms with Crippen molar-refractivity contribution in [1.82, 2.24) is 24.6 Å². The van der Waals surface area contributed by atoms with Crippen LogP contribution in [0.3, 0.4) is 0 Å². The molecule has 1 aromatic carbocycles. The van der Waals surface area contributed by atoms with Crippen LogP contribution >= 0.6 is 36.6 Å². The lowest BCUT2D eigenvalue weighted by Gasteiger charge is -2.16. The number of aryl methyl sites for hydroxylation is 2. The number of benzene rings is 1. The van der Waals surface area contributed by atoms with Gasteiger partial charge in [0, 0.05) is 36.3 Å². The number of pyridine rings is 1. The first-order valence-electron chi connectivity index (χ1n) is 12.0. The van der Waals surface area contributed by atoms with Gasteiger partial charge in [-0.05, 0) is 87.4 Å². The third-order valence-corrected chi connectivity index (χ3v) is 8.55. The molecule has 0 unspecified atom stereocenters. The number of hydrogen-bond donors (Lipinski definition) is 0. The molecular weight excluding hydrogens is 542 g/mol. The molecule has 5 nitrogen and oxygen atoms in total. The predicted octanol–water partition coefficient (Wildman–Crippen LogP) is 6.72. The van der Waals surface area contributed by atoms with E-state index in [9.17, 15) is 13.2 Å². The number of halogens is 5. The molecule has 0 amide bonds. The zero-order valence-corrected chi connectivity index (χ0v) is 23.5. The van der Waals surface area contributed by atoms with Crippen LogP contribution in [0.15, 0.2) is 41.6 Å². The van der Waals surface area contributed by atoms with Crippen LogP contribution in [0, 0.1) is 19.3 Å². The van der Waals surface area contributed by atoms with Gasteiger partial charge in [-0.2, -0.15) is 13.2 Å². The second-order valence-corrected chi connectivity index (χ2v) is 11.0. The Morgan fingerprint density at radius 1 is 1.05 bits per heavy atom. The Kier molecular flexibility index (Phi) is 9.26. The van der Waals surface area contributed by atoms with Crippen molar-refractivity contribution in [2.24, 2.45) is 12.5 Å². The van der Waals surface area contributed by atoms with Crippen LogP contribution in [0.25, 0.3) is 11.4 Å². The molecule has 2 atom stereocenters. The van der Waals surface area contributed by atoms with Gasteiger partial charge in [-0.3, -0.25) is 4.98 Å². The number of alkyl halides is 3. The molecule has 3 heterocycles. The molecule has 1 aliphatic carbocycles. The summed E-state index contributed by atoms with van der Waals surface area (Å²) in [6.07, 6.45) is -1.01. The first-order chi connectivity index (χ1) is 16.7. The van der Waals surface area contributed by atoms with Crippen molar-refractivity contribution >= 4 is 36.6 Å². The minimum absolute atomic E-state index is 0. The van der Waals surface area contributed by atoms with Crippen LogP contribution < -0.4 is 0 Å². The molecule has 1 aliphatic heterocycles. The number of likely N-dealkylation sites (tertiary alicyclic amines) is 1. The fourth-order valence-corrected chi connectivity index (χ4v) is 6.23. The van der Waals surface area contributed by atoms with Crippen LogP contribution in [0.2, 0.25) is 0 Å². The highest BCUT2D eigenvalue weighted by Crippen LogP contribution is 2.64. The summed E-state index contributed by atoms with van der Waals surface area (Å²) < 4.78 is 40.6. The molecule has 0 N–H and O–H groups in total. The Balaban J connectivity index is 0.00000190. The predicted molar refractivity (Wildman–Crippen MR) is 146 cm³/mol. The Morgan fingerprint density at radius 3 is 2.46 bits per heavy atom. The summed E-state index contributed by atoms with van der Waals surface area (Å²) in [4.78, 5) is 7.04. The summed E-state index contributed by atoms with van der Waals surface area (Å²) in [6.45, 7) is 7.11. The smallest absolute Gasteiger partial charge is 0.305 e. The number of nitrogens with zero attached hydrogens (tertiary/aromatic N) is 5. The Labute approximate surface area is 232 Å². The van der Waals surface area contributed by atoms with E-state index in [1.54, 1.807) is 23.9 Å². The molecule has 5 rings (SSSR count). The van der Waals surface area contributed by atoms with E-state index in [4.69, 9.17) is 0 Å². The highest BCUT2D eigenvalue weighted by atomic mass is 35.5. The monoisotopic (exact) mass is 573 g/mol. The van der Waals surface area contributed by atoms with Crippen LogP contribution in [0.5, 0.6) is 0 Å². The van der Waals surface area contributed by atoms with Gasteiger partial charge >= 0.3 is 6.18 Å². The Bertz CT molecular complexity index is 1220. The third kappa shape index (κ3) is 6.27. The third-order valence-electron chi connectivity index (χ3n) is 7.45. The molecule has 2 fully saturated rings. The van der Waals surface area contributed by atoms with Gasteiger partial charge in [0.2, 0.25) is 0 Å². The van der Waals surface area contributed by atoms with Crippen molar-refractivity contribution in [3.05, 3.63) is 58.9 Å². The van der Waals surface area contributed by atoms with Crippen molar-refractivity contribution in [2.75, 3.05) is 25.4 Å². The second kappa shape index (κ2) is 11.5. The molecule has 2 aliphatic rings. The Morgan fingerprint density at radius 2 is 1.78 bits per heavy atom. The molecular formula is C26H32Cl2F3N5S. The summed E-state index contributed by atoms with van der Waals surface area (Å²) in [5.74, 6) is 2.19. The van der Waals surface area contributed by atoms with Crippen LogP contribution in [0.4, 0.5) is 13.2 Å². The van der Waals surface area contributed by atoms with E-state index in [0.29, 0.717) is 5.92 Å². The van der Waals surface area contributed by atoms with Gasteiger partial charge in [-0.1, -0.05) is 23.9 Å². The van der Waals surface area contributed by atoms with Crippen LogP contribution in [-0.4, -0.2) is 50.0 Å². The van der Waals surface area contributed by atoms with Gasteiger partial charge < -0.3 is 9.47 Å². The maximum absolute atomic E-state index is 12.8. The molecule has 0 radical (unpaired) electrons. The number of rotatable bonds is 7. The minimum Gasteiger partial charge on any atom is -0.305 e. The summed E-state index contributed by atoms with van der Waals surface area (Å²) in [7, 11) is 2.00. The largest absolute Gasteiger partial charge is 0.416 e. The molecule has 1 spiro atoms. The average molecular weight is 575 g/mol. The SMILES string of the molecule is Cc1ccc(-c2nnc(SCCCN3CC[C@]4(C[C@@H]4c4ccc(C(F)(F)F)cc4)C3)n2C)c(C)n1.Cl.Cl. The van der Waals surface area contributed by atoms with Gasteiger partial charge in [0.15, 0.2) is 11.0 Å². The maximum Gasteiger partial charge on any atom is 0.416 e. The van der Waals surface area contributed by atoms with E-state index in [2.05, 4.69) is 26.1 Å². The van der Waals surface area contributed by atoms with Crippen LogP contribution in [0.1, 0.15) is 47.7 Å². The maximum atomic E-state index is 12.8. The Hall–Kier alpha value is -1.81. The lowest BCUT2D eigenvalue weighted by atomic mass is 9.97. The lowest BCUT2D eigenvalue weighted by Crippen LogP contribution is -2.23.